The molecule has 22 heavy (non-hydrogen) atoms. The van der Waals surface area contributed by atoms with Crippen LogP contribution in [-0.4, -0.2) is 12.5 Å². The van der Waals surface area contributed by atoms with Crippen molar-refractivity contribution in [2.24, 2.45) is 5.73 Å². The second-order valence-electron chi connectivity index (χ2n) is 6.36. The van der Waals surface area contributed by atoms with Crippen LogP contribution in [0.15, 0.2) is 42.5 Å². The Morgan fingerprint density at radius 2 is 1.91 bits per heavy atom. The van der Waals surface area contributed by atoms with Crippen molar-refractivity contribution >= 4 is 11.6 Å². The largest absolute Gasteiger partial charge is 0.366 e. The summed E-state index contributed by atoms with van der Waals surface area (Å²) in [6.07, 6.45) is 2.28. The number of carbonyl (C=O) groups excluding carboxylic acids is 1. The minimum Gasteiger partial charge on any atom is -0.366 e. The lowest BCUT2D eigenvalue weighted by Gasteiger charge is -2.20. The number of benzene rings is 2. The first kappa shape index (κ1) is 13.3. The van der Waals surface area contributed by atoms with Gasteiger partial charge in [0.2, 0.25) is 5.91 Å². The number of fused-ring (bicyclic) bond motifs is 2. The van der Waals surface area contributed by atoms with Gasteiger partial charge in [-0.1, -0.05) is 12.1 Å². The molecule has 0 bridgehead atoms. The van der Waals surface area contributed by atoms with Crippen LogP contribution in [0.1, 0.15) is 34.3 Å². The maximum Gasteiger partial charge on any atom is 0.248 e. The van der Waals surface area contributed by atoms with Gasteiger partial charge >= 0.3 is 0 Å². The SMILES string of the molecule is NC(=O)c1ccc(CN2CC3(CC3)c3cc(F)ccc32)cc1. The predicted molar refractivity (Wildman–Crippen MR) is 83.3 cm³/mol. The summed E-state index contributed by atoms with van der Waals surface area (Å²) in [4.78, 5) is 13.4. The molecule has 0 unspecified atom stereocenters. The Hall–Kier alpha value is -2.36. The average Bonchev–Trinajstić information content (AvgIpc) is 3.21. The third-order valence-corrected chi connectivity index (χ3v) is 4.83. The van der Waals surface area contributed by atoms with Crippen LogP contribution in [0.2, 0.25) is 0 Å². The van der Waals surface area contributed by atoms with Gasteiger partial charge in [0, 0.05) is 29.8 Å². The van der Waals surface area contributed by atoms with Crippen LogP contribution < -0.4 is 10.6 Å². The van der Waals surface area contributed by atoms with Gasteiger partial charge < -0.3 is 10.6 Å². The minimum absolute atomic E-state index is 0.155. The Balaban J connectivity index is 1.61. The van der Waals surface area contributed by atoms with Gasteiger partial charge in [0.05, 0.1) is 0 Å². The fourth-order valence-electron chi connectivity index (χ4n) is 3.46. The molecular formula is C18H17FN2O. The molecule has 112 valence electrons. The van der Waals surface area contributed by atoms with Crippen molar-refractivity contribution in [3.8, 4) is 0 Å². The summed E-state index contributed by atoms with van der Waals surface area (Å²) < 4.78 is 13.5. The predicted octanol–water partition coefficient (Wildman–Crippen LogP) is 2.98. The number of carbonyl (C=O) groups is 1. The molecule has 0 atom stereocenters. The second kappa shape index (κ2) is 4.57. The standard InChI is InChI=1S/C18H17FN2O/c19-14-5-6-16-15(9-14)18(7-8-18)11-21(16)10-12-1-3-13(4-2-12)17(20)22/h1-6,9H,7-8,10-11H2,(H2,20,22). The van der Waals surface area contributed by atoms with Gasteiger partial charge in [-0.25, -0.2) is 4.39 Å². The fraction of sp³-hybridized carbons (Fsp3) is 0.278. The zero-order valence-electron chi connectivity index (χ0n) is 12.2. The van der Waals surface area contributed by atoms with Crippen molar-refractivity contribution in [3.63, 3.8) is 0 Å². The fourth-order valence-corrected chi connectivity index (χ4v) is 3.46. The van der Waals surface area contributed by atoms with Crippen LogP contribution in [0.3, 0.4) is 0 Å². The highest BCUT2D eigenvalue weighted by Crippen LogP contribution is 2.56. The molecule has 4 rings (SSSR count). The van der Waals surface area contributed by atoms with E-state index in [1.54, 1.807) is 18.2 Å². The molecular weight excluding hydrogens is 279 g/mol. The Bertz CT molecular complexity index is 750. The molecule has 0 radical (unpaired) electrons. The van der Waals surface area contributed by atoms with Crippen LogP contribution in [0, 0.1) is 5.82 Å². The molecule has 1 spiro atoms. The Morgan fingerprint density at radius 3 is 2.55 bits per heavy atom. The normalized spacial score (nSPS) is 17.6. The quantitative estimate of drug-likeness (QED) is 0.946. The molecule has 2 N–H and O–H groups in total. The minimum atomic E-state index is -0.412. The van der Waals surface area contributed by atoms with Gasteiger partial charge in [0.15, 0.2) is 0 Å². The second-order valence-corrected chi connectivity index (χ2v) is 6.36. The van der Waals surface area contributed by atoms with Crippen LogP contribution in [0.5, 0.6) is 0 Å². The number of anilines is 1. The average molecular weight is 296 g/mol. The molecule has 2 aliphatic rings. The molecule has 3 nitrogen and oxygen atoms in total. The van der Waals surface area contributed by atoms with E-state index >= 15 is 0 Å². The molecule has 0 saturated heterocycles. The number of nitrogens with two attached hydrogens (primary N) is 1. The highest BCUT2D eigenvalue weighted by molar-refractivity contribution is 5.92. The van der Waals surface area contributed by atoms with Crippen LogP contribution in [-0.2, 0) is 12.0 Å². The van der Waals surface area contributed by atoms with E-state index in [9.17, 15) is 9.18 Å². The summed E-state index contributed by atoms with van der Waals surface area (Å²) in [5.41, 5.74) is 9.37. The number of hydrogen-bond acceptors (Lipinski definition) is 2. The zero-order chi connectivity index (χ0) is 15.3. The molecule has 1 aliphatic carbocycles. The number of rotatable bonds is 3. The first-order chi connectivity index (χ1) is 10.6. The topological polar surface area (TPSA) is 46.3 Å². The van der Waals surface area contributed by atoms with Crippen molar-refractivity contribution in [1.29, 1.82) is 0 Å². The van der Waals surface area contributed by atoms with Gasteiger partial charge in [0.25, 0.3) is 0 Å². The number of halogens is 1. The van der Waals surface area contributed by atoms with Gasteiger partial charge in [-0.2, -0.15) is 0 Å². The van der Waals surface area contributed by atoms with Crippen molar-refractivity contribution in [1.82, 2.24) is 0 Å². The lowest BCUT2D eigenvalue weighted by Crippen LogP contribution is -2.23. The molecule has 2 aromatic rings. The number of hydrogen-bond donors (Lipinski definition) is 1. The Labute approximate surface area is 128 Å². The summed E-state index contributed by atoms with van der Waals surface area (Å²) in [5, 5.41) is 0. The molecule has 1 amide bonds. The van der Waals surface area contributed by atoms with Crippen molar-refractivity contribution < 1.29 is 9.18 Å². The zero-order valence-corrected chi connectivity index (χ0v) is 12.2. The van der Waals surface area contributed by atoms with E-state index in [0.717, 1.165) is 42.7 Å². The molecule has 1 heterocycles. The van der Waals surface area contributed by atoms with E-state index in [4.69, 9.17) is 5.73 Å². The monoisotopic (exact) mass is 296 g/mol. The van der Waals surface area contributed by atoms with Gasteiger partial charge in [0.1, 0.15) is 5.82 Å². The van der Waals surface area contributed by atoms with E-state index in [2.05, 4.69) is 4.90 Å². The van der Waals surface area contributed by atoms with Crippen molar-refractivity contribution in [3.05, 3.63) is 65.0 Å². The molecule has 1 aliphatic heterocycles. The summed E-state index contributed by atoms with van der Waals surface area (Å²) in [5.74, 6) is -0.567. The summed E-state index contributed by atoms with van der Waals surface area (Å²) in [7, 11) is 0. The van der Waals surface area contributed by atoms with E-state index in [0.29, 0.717) is 5.56 Å². The van der Waals surface area contributed by atoms with Gasteiger partial charge in [-0.05, 0) is 54.3 Å². The highest BCUT2D eigenvalue weighted by Gasteiger charge is 2.51. The number of amides is 1. The van der Waals surface area contributed by atoms with Crippen LogP contribution in [0.4, 0.5) is 10.1 Å². The van der Waals surface area contributed by atoms with Gasteiger partial charge in [-0.3, -0.25) is 4.79 Å². The van der Waals surface area contributed by atoms with E-state index in [1.807, 2.05) is 18.2 Å². The Kier molecular flexibility index (Phi) is 2.76. The molecule has 2 aromatic carbocycles. The third kappa shape index (κ3) is 2.06. The number of primary amides is 1. The number of nitrogens with zero attached hydrogens (tertiary/aromatic N) is 1. The van der Waals surface area contributed by atoms with E-state index < -0.39 is 5.91 Å². The summed E-state index contributed by atoms with van der Waals surface area (Å²) in [6.45, 7) is 1.71. The van der Waals surface area contributed by atoms with Crippen molar-refractivity contribution in [2.45, 2.75) is 24.8 Å². The highest BCUT2D eigenvalue weighted by atomic mass is 19.1. The van der Waals surface area contributed by atoms with Crippen molar-refractivity contribution in [2.75, 3.05) is 11.4 Å². The maximum atomic E-state index is 13.5. The molecule has 1 fully saturated rings. The van der Waals surface area contributed by atoms with Crippen LogP contribution in [0.25, 0.3) is 0 Å². The van der Waals surface area contributed by atoms with E-state index in [-0.39, 0.29) is 11.2 Å². The van der Waals surface area contributed by atoms with E-state index in [1.165, 1.54) is 6.07 Å². The van der Waals surface area contributed by atoms with Crippen LogP contribution >= 0.6 is 0 Å². The summed E-state index contributed by atoms with van der Waals surface area (Å²) >= 11 is 0. The molecule has 0 aromatic heterocycles. The lowest BCUT2D eigenvalue weighted by molar-refractivity contribution is 0.100. The Morgan fingerprint density at radius 1 is 1.18 bits per heavy atom. The first-order valence-electron chi connectivity index (χ1n) is 7.51. The maximum absolute atomic E-state index is 13.5. The molecule has 1 saturated carbocycles. The first-order valence-corrected chi connectivity index (χ1v) is 7.51. The smallest absolute Gasteiger partial charge is 0.248 e. The summed E-state index contributed by atoms with van der Waals surface area (Å²) in [6, 6.07) is 12.5. The third-order valence-electron chi connectivity index (χ3n) is 4.83. The lowest BCUT2D eigenvalue weighted by atomic mass is 9.99. The van der Waals surface area contributed by atoms with Gasteiger partial charge in [-0.15, -0.1) is 0 Å². The molecule has 4 heteroatoms.